The van der Waals surface area contributed by atoms with E-state index in [0.29, 0.717) is 22.1 Å². The van der Waals surface area contributed by atoms with Crippen LogP contribution in [0, 0.1) is 6.92 Å². The van der Waals surface area contributed by atoms with Gasteiger partial charge < -0.3 is 4.40 Å². The molecule has 1 aromatic carbocycles. The average molecular weight is 384 g/mol. The summed E-state index contributed by atoms with van der Waals surface area (Å²) in [5, 5.41) is 0.963. The van der Waals surface area contributed by atoms with Gasteiger partial charge >= 0.3 is 0 Å². The van der Waals surface area contributed by atoms with E-state index in [1.54, 1.807) is 47.1 Å². The van der Waals surface area contributed by atoms with Crippen LogP contribution in [0.3, 0.4) is 0 Å². The Kier molecular flexibility index (Phi) is 4.83. The lowest BCUT2D eigenvalue weighted by Gasteiger charge is -2.06. The van der Waals surface area contributed by atoms with E-state index in [0.717, 1.165) is 11.3 Å². The Morgan fingerprint density at radius 1 is 1.17 bits per heavy atom. The number of hydrogen-bond acceptors (Lipinski definition) is 3. The molecule has 5 nitrogen and oxygen atoms in total. The van der Waals surface area contributed by atoms with E-state index in [1.807, 2.05) is 6.92 Å². The van der Waals surface area contributed by atoms with E-state index < -0.39 is 10.0 Å². The van der Waals surface area contributed by atoms with Crippen LogP contribution >= 0.6 is 23.2 Å². The molecule has 0 aliphatic carbocycles. The summed E-state index contributed by atoms with van der Waals surface area (Å²) < 4.78 is 28.8. The number of fused-ring (bicyclic) bond motifs is 1. The number of imidazole rings is 1. The molecule has 0 unspecified atom stereocenters. The third-order valence-corrected chi connectivity index (χ3v) is 5.49. The molecule has 1 N–H and O–H groups in total. The lowest BCUT2D eigenvalue weighted by atomic mass is 10.2. The highest BCUT2D eigenvalue weighted by Crippen LogP contribution is 2.21. The Morgan fingerprint density at radius 3 is 2.58 bits per heavy atom. The maximum absolute atomic E-state index is 12.2. The minimum atomic E-state index is -3.52. The van der Waals surface area contributed by atoms with Crippen molar-refractivity contribution in [3.05, 3.63) is 64.0 Å². The molecule has 0 saturated heterocycles. The smallest absolute Gasteiger partial charge is 0.240 e. The Labute approximate surface area is 150 Å². The lowest BCUT2D eigenvalue weighted by Crippen LogP contribution is -2.26. The summed E-state index contributed by atoms with van der Waals surface area (Å²) in [7, 11) is -3.52. The number of halogens is 2. The summed E-state index contributed by atoms with van der Waals surface area (Å²) in [6.07, 6.45) is 3.93. The summed E-state index contributed by atoms with van der Waals surface area (Å²) >= 11 is 12.0. The number of sulfonamides is 1. The molecular weight excluding hydrogens is 369 g/mol. The number of aromatic nitrogens is 2. The molecule has 3 rings (SSSR count). The maximum atomic E-state index is 12.2. The fraction of sp³-hybridized carbons (Fsp3) is 0.188. The first kappa shape index (κ1) is 17.2. The summed E-state index contributed by atoms with van der Waals surface area (Å²) in [6, 6.07) is 8.33. The first-order chi connectivity index (χ1) is 11.3. The molecule has 0 fully saturated rings. The van der Waals surface area contributed by atoms with Gasteiger partial charge in [0, 0.05) is 25.4 Å². The number of aryl methyl sites for hydroxylation is 1. The Morgan fingerprint density at radius 2 is 1.88 bits per heavy atom. The lowest BCUT2D eigenvalue weighted by molar-refractivity contribution is 0.581. The van der Waals surface area contributed by atoms with E-state index in [4.69, 9.17) is 23.2 Å². The third-order valence-electron chi connectivity index (χ3n) is 3.53. The van der Waals surface area contributed by atoms with Crippen molar-refractivity contribution < 1.29 is 8.42 Å². The van der Waals surface area contributed by atoms with Gasteiger partial charge in [0.15, 0.2) is 5.65 Å². The molecule has 0 radical (unpaired) electrons. The number of nitrogens with one attached hydrogen (secondary N) is 1. The predicted octanol–water partition coefficient (Wildman–Crippen LogP) is 3.47. The molecule has 0 spiro atoms. The molecule has 0 bridgehead atoms. The van der Waals surface area contributed by atoms with Gasteiger partial charge in [0.1, 0.15) is 0 Å². The van der Waals surface area contributed by atoms with Crippen LogP contribution in [0.4, 0.5) is 0 Å². The van der Waals surface area contributed by atoms with Crippen LogP contribution in [-0.4, -0.2) is 24.3 Å². The molecular formula is C16H15Cl2N3O2S. The number of benzene rings is 1. The van der Waals surface area contributed by atoms with Gasteiger partial charge in [-0.25, -0.2) is 18.1 Å². The van der Waals surface area contributed by atoms with Gasteiger partial charge in [0.25, 0.3) is 0 Å². The molecule has 126 valence electrons. The molecule has 24 heavy (non-hydrogen) atoms. The molecule has 3 aromatic rings. The van der Waals surface area contributed by atoms with Crippen LogP contribution in [0.2, 0.25) is 10.0 Å². The van der Waals surface area contributed by atoms with Crippen molar-refractivity contribution in [2.45, 2.75) is 18.2 Å². The number of hydrogen-bond donors (Lipinski definition) is 1. The molecule has 8 heteroatoms. The zero-order valence-electron chi connectivity index (χ0n) is 12.8. The fourth-order valence-electron chi connectivity index (χ4n) is 2.31. The summed E-state index contributed by atoms with van der Waals surface area (Å²) in [4.78, 5) is 4.64. The van der Waals surface area contributed by atoms with Crippen LogP contribution in [0.15, 0.2) is 47.6 Å². The first-order valence-electron chi connectivity index (χ1n) is 7.24. The molecule has 2 aromatic heterocycles. The fourth-order valence-corrected chi connectivity index (χ4v) is 3.87. The Hall–Kier alpha value is -1.60. The van der Waals surface area contributed by atoms with Crippen molar-refractivity contribution in [2.24, 2.45) is 0 Å². The van der Waals surface area contributed by atoms with Crippen molar-refractivity contribution in [1.29, 1.82) is 0 Å². The first-order valence-corrected chi connectivity index (χ1v) is 9.48. The van der Waals surface area contributed by atoms with Gasteiger partial charge in [-0.15, -0.1) is 0 Å². The highest BCUT2D eigenvalue weighted by atomic mass is 35.5. The number of nitrogens with zero attached hydrogens (tertiary/aromatic N) is 2. The van der Waals surface area contributed by atoms with Crippen molar-refractivity contribution in [2.75, 3.05) is 6.54 Å². The van der Waals surface area contributed by atoms with E-state index in [2.05, 4.69) is 9.71 Å². The topological polar surface area (TPSA) is 63.5 Å². The predicted molar refractivity (Wildman–Crippen MR) is 95.3 cm³/mol. The normalized spacial score (nSPS) is 12.0. The van der Waals surface area contributed by atoms with Crippen LogP contribution in [-0.2, 0) is 16.4 Å². The third kappa shape index (κ3) is 3.72. The second kappa shape index (κ2) is 6.72. The highest BCUT2D eigenvalue weighted by Gasteiger charge is 2.13. The van der Waals surface area contributed by atoms with Gasteiger partial charge in [-0.05, 0) is 25.1 Å². The van der Waals surface area contributed by atoms with Crippen LogP contribution in [0.5, 0.6) is 0 Å². The summed E-state index contributed by atoms with van der Waals surface area (Å²) in [6.45, 7) is 2.15. The molecule has 0 saturated carbocycles. The van der Waals surface area contributed by atoms with Gasteiger partial charge in [0.2, 0.25) is 10.0 Å². The Balaban J connectivity index is 1.70. The summed E-state index contributed by atoms with van der Waals surface area (Å²) in [5.41, 5.74) is 2.33. The maximum Gasteiger partial charge on any atom is 0.240 e. The quantitative estimate of drug-likeness (QED) is 0.733. The molecule has 2 heterocycles. The Bertz CT molecular complexity index is 982. The largest absolute Gasteiger partial charge is 0.304 e. The average Bonchev–Trinajstić information content (AvgIpc) is 2.90. The van der Waals surface area contributed by atoms with Gasteiger partial charge in [-0.1, -0.05) is 40.9 Å². The molecule has 0 aliphatic heterocycles. The molecule has 0 atom stereocenters. The van der Waals surface area contributed by atoms with Gasteiger partial charge in [-0.3, -0.25) is 0 Å². The SMILES string of the molecule is Cc1ccc(S(=O)(=O)NCCc2cn3cc(Cl)cc(Cl)c3n2)cc1. The van der Waals surface area contributed by atoms with Crippen molar-refractivity contribution in [1.82, 2.24) is 14.1 Å². The minimum absolute atomic E-state index is 0.242. The van der Waals surface area contributed by atoms with E-state index >= 15 is 0 Å². The zero-order valence-corrected chi connectivity index (χ0v) is 15.2. The second-order valence-electron chi connectivity index (χ2n) is 5.43. The van der Waals surface area contributed by atoms with E-state index in [1.165, 1.54) is 0 Å². The zero-order chi connectivity index (χ0) is 17.3. The molecule has 0 amide bonds. The number of pyridine rings is 1. The van der Waals surface area contributed by atoms with Crippen LogP contribution in [0.25, 0.3) is 5.65 Å². The number of rotatable bonds is 5. The monoisotopic (exact) mass is 383 g/mol. The van der Waals surface area contributed by atoms with Crippen LogP contribution < -0.4 is 4.72 Å². The highest BCUT2D eigenvalue weighted by molar-refractivity contribution is 7.89. The van der Waals surface area contributed by atoms with Gasteiger partial charge in [0.05, 0.1) is 20.6 Å². The van der Waals surface area contributed by atoms with Crippen molar-refractivity contribution in [3.63, 3.8) is 0 Å². The standard InChI is InChI=1S/C16H15Cl2N3O2S/c1-11-2-4-14(5-3-11)24(22,23)19-7-6-13-10-21-9-12(17)8-15(18)16(21)20-13/h2-5,8-10,19H,6-7H2,1H3. The van der Waals surface area contributed by atoms with E-state index in [9.17, 15) is 8.42 Å². The van der Waals surface area contributed by atoms with Crippen molar-refractivity contribution in [3.8, 4) is 0 Å². The molecule has 0 aliphatic rings. The van der Waals surface area contributed by atoms with Gasteiger partial charge in [-0.2, -0.15) is 0 Å². The minimum Gasteiger partial charge on any atom is -0.304 e. The van der Waals surface area contributed by atoms with E-state index in [-0.39, 0.29) is 11.4 Å². The van der Waals surface area contributed by atoms with Crippen LogP contribution in [0.1, 0.15) is 11.3 Å². The van der Waals surface area contributed by atoms with Crippen molar-refractivity contribution >= 4 is 38.9 Å². The summed E-state index contributed by atoms with van der Waals surface area (Å²) in [5.74, 6) is 0. The second-order valence-corrected chi connectivity index (χ2v) is 8.04.